The zero-order chi connectivity index (χ0) is 12.8. The van der Waals surface area contributed by atoms with Gasteiger partial charge in [-0.1, -0.05) is 27.7 Å². The second-order valence-electron chi connectivity index (χ2n) is 3.32. The highest BCUT2D eigenvalue weighted by atomic mass is 127. The summed E-state index contributed by atoms with van der Waals surface area (Å²) < 4.78 is 15.6. The third-order valence-corrected chi connectivity index (χ3v) is 3.00. The summed E-state index contributed by atoms with van der Waals surface area (Å²) in [6, 6.07) is 0. The van der Waals surface area contributed by atoms with Gasteiger partial charge in [-0.05, 0) is 6.92 Å². The largest absolute Gasteiger partial charge is 0.359 e. The van der Waals surface area contributed by atoms with Crippen molar-refractivity contribution in [3.8, 4) is 0 Å². The Bertz CT molecular complexity index is 376. The van der Waals surface area contributed by atoms with E-state index in [2.05, 4.69) is 33.1 Å². The number of aromatic nitrogens is 1. The molecule has 0 radical (unpaired) electrons. The third-order valence-electron chi connectivity index (χ3n) is 2.31. The van der Waals surface area contributed by atoms with Gasteiger partial charge in [-0.25, -0.2) is 0 Å². The highest BCUT2D eigenvalue weighted by Crippen LogP contribution is 2.15. The first-order valence-electron chi connectivity index (χ1n) is 4.98. The molecule has 0 bridgehead atoms. The molecule has 1 rings (SSSR count). The maximum Gasteiger partial charge on any atom is 0.273 e. The number of nitrogens with zero attached hydrogens (tertiary/aromatic N) is 1. The van der Waals surface area contributed by atoms with E-state index in [9.17, 15) is 4.79 Å². The standard InChI is InChI=1S/C10H15IN2O4/c1-6-7(4-11)17-13-9(6)10(14)12-5-8(15-2)16-3/h8H,4-5H2,1-3H3,(H,12,14). The molecule has 6 nitrogen and oxygen atoms in total. The fourth-order valence-electron chi connectivity index (χ4n) is 1.23. The Hall–Kier alpha value is -0.670. The molecular weight excluding hydrogens is 339 g/mol. The van der Waals surface area contributed by atoms with Crippen molar-refractivity contribution >= 4 is 28.5 Å². The number of hydrogen-bond acceptors (Lipinski definition) is 5. The van der Waals surface area contributed by atoms with Crippen LogP contribution in [0, 0.1) is 6.92 Å². The van der Waals surface area contributed by atoms with Gasteiger partial charge in [0.05, 0.1) is 11.0 Å². The van der Waals surface area contributed by atoms with Crippen LogP contribution >= 0.6 is 22.6 Å². The summed E-state index contributed by atoms with van der Waals surface area (Å²) in [5.74, 6) is 0.423. The number of amides is 1. The summed E-state index contributed by atoms with van der Waals surface area (Å²) in [6.07, 6.45) is -0.463. The highest BCUT2D eigenvalue weighted by Gasteiger charge is 2.18. The van der Waals surface area contributed by atoms with Gasteiger partial charge in [0.25, 0.3) is 5.91 Å². The van der Waals surface area contributed by atoms with Crippen molar-refractivity contribution in [2.24, 2.45) is 0 Å². The maximum absolute atomic E-state index is 11.8. The van der Waals surface area contributed by atoms with Crippen LogP contribution in [0.3, 0.4) is 0 Å². The van der Waals surface area contributed by atoms with E-state index in [-0.39, 0.29) is 12.5 Å². The number of alkyl halides is 1. The quantitative estimate of drug-likeness (QED) is 0.473. The van der Waals surface area contributed by atoms with Crippen LogP contribution in [0.1, 0.15) is 21.8 Å². The number of carbonyl (C=O) groups excluding carboxylic acids is 1. The molecule has 0 aliphatic heterocycles. The van der Waals surface area contributed by atoms with Gasteiger partial charge >= 0.3 is 0 Å². The number of rotatable bonds is 6. The Morgan fingerprint density at radius 2 is 2.18 bits per heavy atom. The molecule has 1 N–H and O–H groups in total. The molecule has 0 aromatic carbocycles. The van der Waals surface area contributed by atoms with Gasteiger partial charge < -0.3 is 19.3 Å². The lowest BCUT2D eigenvalue weighted by molar-refractivity contribution is -0.0974. The average molecular weight is 354 g/mol. The predicted octanol–water partition coefficient (Wildman–Crippen LogP) is 1.27. The molecule has 0 unspecified atom stereocenters. The van der Waals surface area contributed by atoms with E-state index >= 15 is 0 Å². The van der Waals surface area contributed by atoms with E-state index in [0.717, 1.165) is 5.56 Å². The highest BCUT2D eigenvalue weighted by molar-refractivity contribution is 14.1. The van der Waals surface area contributed by atoms with Crippen LogP contribution in [0.15, 0.2) is 4.52 Å². The molecule has 7 heteroatoms. The van der Waals surface area contributed by atoms with Crippen LogP contribution in [0.2, 0.25) is 0 Å². The topological polar surface area (TPSA) is 73.6 Å². The van der Waals surface area contributed by atoms with Gasteiger partial charge in [0.2, 0.25) is 0 Å². The molecule has 0 saturated carbocycles. The molecule has 0 saturated heterocycles. The van der Waals surface area contributed by atoms with Crippen molar-refractivity contribution in [3.05, 3.63) is 17.0 Å². The molecule has 0 aliphatic carbocycles. The van der Waals surface area contributed by atoms with Gasteiger partial charge in [-0.3, -0.25) is 4.79 Å². The molecule has 0 atom stereocenters. The summed E-state index contributed by atoms with van der Waals surface area (Å²) in [5, 5.41) is 6.41. The smallest absolute Gasteiger partial charge is 0.273 e. The van der Waals surface area contributed by atoms with Crippen LogP contribution in [-0.2, 0) is 13.9 Å². The lowest BCUT2D eigenvalue weighted by atomic mass is 10.2. The number of hydrogen-bond donors (Lipinski definition) is 1. The van der Waals surface area contributed by atoms with Gasteiger partial charge in [-0.15, -0.1) is 0 Å². The first-order valence-corrected chi connectivity index (χ1v) is 6.51. The zero-order valence-corrected chi connectivity index (χ0v) is 12.1. The summed E-state index contributed by atoms with van der Waals surface area (Å²) in [5.41, 5.74) is 1.07. The molecule has 0 aliphatic rings. The number of ether oxygens (including phenoxy) is 2. The van der Waals surface area contributed by atoms with E-state index < -0.39 is 6.29 Å². The fraction of sp³-hybridized carbons (Fsp3) is 0.600. The third kappa shape index (κ3) is 3.65. The van der Waals surface area contributed by atoms with Crippen LogP contribution in [-0.4, -0.2) is 38.1 Å². The van der Waals surface area contributed by atoms with Gasteiger partial charge in [0.1, 0.15) is 5.76 Å². The lowest BCUT2D eigenvalue weighted by Gasteiger charge is -2.13. The Morgan fingerprint density at radius 3 is 2.65 bits per heavy atom. The average Bonchev–Trinajstić information content (AvgIpc) is 2.71. The van der Waals surface area contributed by atoms with Crippen molar-refractivity contribution in [1.82, 2.24) is 10.5 Å². The number of halogens is 1. The molecule has 1 aromatic rings. The summed E-state index contributed by atoms with van der Waals surface area (Å²) in [6.45, 7) is 2.07. The van der Waals surface area contributed by atoms with Gasteiger partial charge in [0.15, 0.2) is 12.0 Å². The zero-order valence-electron chi connectivity index (χ0n) is 9.95. The molecule has 17 heavy (non-hydrogen) atoms. The Morgan fingerprint density at radius 1 is 1.53 bits per heavy atom. The Labute approximate surface area is 113 Å². The normalized spacial score (nSPS) is 10.9. The van der Waals surface area contributed by atoms with Crippen LogP contribution in [0.4, 0.5) is 0 Å². The van der Waals surface area contributed by atoms with Crippen LogP contribution in [0.5, 0.6) is 0 Å². The lowest BCUT2D eigenvalue weighted by Crippen LogP contribution is -2.34. The van der Waals surface area contributed by atoms with Crippen LogP contribution < -0.4 is 5.32 Å². The molecule has 0 spiro atoms. The van der Waals surface area contributed by atoms with Crippen molar-refractivity contribution in [2.75, 3.05) is 20.8 Å². The summed E-state index contributed by atoms with van der Waals surface area (Å²) >= 11 is 2.15. The Kier molecular flexibility index (Phi) is 5.86. The molecular formula is C10H15IN2O4. The second-order valence-corrected chi connectivity index (χ2v) is 4.09. The van der Waals surface area contributed by atoms with E-state index in [4.69, 9.17) is 14.0 Å². The minimum Gasteiger partial charge on any atom is -0.359 e. The molecule has 1 amide bonds. The number of methoxy groups -OCH3 is 2. The van der Waals surface area contributed by atoms with Gasteiger partial charge in [0, 0.05) is 19.8 Å². The predicted molar refractivity (Wildman–Crippen MR) is 69.1 cm³/mol. The van der Waals surface area contributed by atoms with Gasteiger partial charge in [-0.2, -0.15) is 0 Å². The maximum atomic E-state index is 11.8. The van der Waals surface area contributed by atoms with Crippen molar-refractivity contribution < 1.29 is 18.8 Å². The summed E-state index contributed by atoms with van der Waals surface area (Å²) in [7, 11) is 3.02. The summed E-state index contributed by atoms with van der Waals surface area (Å²) in [4.78, 5) is 11.8. The molecule has 0 fully saturated rings. The van der Waals surface area contributed by atoms with Crippen LogP contribution in [0.25, 0.3) is 0 Å². The minimum absolute atomic E-state index is 0.262. The fourth-order valence-corrected chi connectivity index (χ4v) is 1.94. The van der Waals surface area contributed by atoms with Crippen molar-refractivity contribution in [1.29, 1.82) is 0 Å². The number of nitrogens with one attached hydrogen (secondary N) is 1. The molecule has 96 valence electrons. The van der Waals surface area contributed by atoms with E-state index in [1.165, 1.54) is 14.2 Å². The number of carbonyl (C=O) groups is 1. The monoisotopic (exact) mass is 354 g/mol. The molecule has 1 heterocycles. The van der Waals surface area contributed by atoms with Crippen molar-refractivity contribution in [2.45, 2.75) is 17.6 Å². The van der Waals surface area contributed by atoms with E-state index in [1.807, 2.05) is 6.92 Å². The van der Waals surface area contributed by atoms with E-state index in [1.54, 1.807) is 0 Å². The van der Waals surface area contributed by atoms with E-state index in [0.29, 0.717) is 15.9 Å². The first kappa shape index (κ1) is 14.4. The minimum atomic E-state index is -0.463. The van der Waals surface area contributed by atoms with Crippen molar-refractivity contribution in [3.63, 3.8) is 0 Å². The SMILES string of the molecule is COC(CNC(=O)c1noc(CI)c1C)OC. The molecule has 1 aromatic heterocycles. The second kappa shape index (κ2) is 6.92. The Balaban J connectivity index is 2.61. The first-order chi connectivity index (χ1) is 8.13.